The van der Waals surface area contributed by atoms with Crippen molar-refractivity contribution < 1.29 is 4.79 Å². The van der Waals surface area contributed by atoms with Crippen molar-refractivity contribution in [3.8, 4) is 29.5 Å². The maximum Gasteiger partial charge on any atom is 0.326 e. The molecule has 7 nitrogen and oxygen atoms in total. The molecule has 0 saturated heterocycles. The first kappa shape index (κ1) is 19.7. The van der Waals surface area contributed by atoms with E-state index in [0.29, 0.717) is 27.5 Å². The van der Waals surface area contributed by atoms with Crippen LogP contribution in [0, 0.1) is 23.7 Å². The van der Waals surface area contributed by atoms with Gasteiger partial charge in [-0.3, -0.25) is 10.6 Å². The molecule has 4 aromatic rings. The zero-order chi connectivity index (χ0) is 22.1. The molecule has 0 atom stereocenters. The molecule has 0 aliphatic heterocycles. The Morgan fingerprint density at radius 3 is 2.75 bits per heavy atom. The molecular formula is C24H16N6OS. The van der Waals surface area contributed by atoms with Gasteiger partial charge in [0.25, 0.3) is 0 Å². The number of benzene rings is 2. The normalized spacial score (nSPS) is 13.7. The summed E-state index contributed by atoms with van der Waals surface area (Å²) in [7, 11) is 0. The van der Waals surface area contributed by atoms with Crippen molar-refractivity contribution in [3.63, 3.8) is 0 Å². The monoisotopic (exact) mass is 436 g/mol. The number of hydrogen-bond acceptors (Lipinski definition) is 6. The van der Waals surface area contributed by atoms with Crippen LogP contribution in [0.2, 0.25) is 0 Å². The van der Waals surface area contributed by atoms with Crippen molar-refractivity contribution in [2.75, 3.05) is 10.6 Å². The smallest absolute Gasteiger partial charge is 0.291 e. The molecule has 0 spiro atoms. The van der Waals surface area contributed by atoms with E-state index in [4.69, 9.17) is 6.42 Å². The van der Waals surface area contributed by atoms with Crippen LogP contribution in [0.1, 0.15) is 23.4 Å². The number of nitrogens with zero attached hydrogens (tertiary/aromatic N) is 4. The summed E-state index contributed by atoms with van der Waals surface area (Å²) < 4.78 is 0. The minimum absolute atomic E-state index is 0.379. The lowest BCUT2D eigenvalue weighted by Crippen LogP contribution is -2.20. The summed E-state index contributed by atoms with van der Waals surface area (Å²) in [6.45, 7) is 0. The van der Waals surface area contributed by atoms with Crippen LogP contribution in [0.4, 0.5) is 16.4 Å². The van der Waals surface area contributed by atoms with Crippen LogP contribution in [-0.4, -0.2) is 21.0 Å². The van der Waals surface area contributed by atoms with Gasteiger partial charge in [-0.05, 0) is 47.6 Å². The number of hydrogen-bond donors (Lipinski definition) is 2. The van der Waals surface area contributed by atoms with Crippen LogP contribution in [0.15, 0.2) is 54.2 Å². The number of amides is 2. The zero-order valence-electron chi connectivity index (χ0n) is 16.8. The predicted octanol–water partition coefficient (Wildman–Crippen LogP) is 4.93. The molecule has 2 aromatic heterocycles. The molecular weight excluding hydrogens is 420 g/mol. The molecule has 1 aliphatic carbocycles. The first-order chi connectivity index (χ1) is 15.6. The second-order valence-electron chi connectivity index (χ2n) is 7.46. The summed E-state index contributed by atoms with van der Waals surface area (Å²) >= 11 is 1.27. The van der Waals surface area contributed by atoms with Gasteiger partial charge in [0.15, 0.2) is 5.01 Å². The van der Waals surface area contributed by atoms with Gasteiger partial charge in [-0.25, -0.2) is 19.7 Å². The number of urea groups is 1. The highest BCUT2D eigenvalue weighted by molar-refractivity contribution is 7.10. The van der Waals surface area contributed by atoms with Crippen LogP contribution in [0.25, 0.3) is 22.0 Å². The fourth-order valence-corrected chi connectivity index (χ4v) is 4.25. The second kappa shape index (κ2) is 7.77. The molecule has 32 heavy (non-hydrogen) atoms. The Morgan fingerprint density at radius 1 is 1.16 bits per heavy atom. The van der Waals surface area contributed by atoms with E-state index in [2.05, 4.69) is 37.6 Å². The molecule has 1 saturated carbocycles. The number of terminal acetylenes is 1. The van der Waals surface area contributed by atoms with Crippen molar-refractivity contribution >= 4 is 39.9 Å². The SMILES string of the molecule is C#Cc1nc(NC(=O)Nc2ncnc3cc(-c4ccccc4C4(C#N)CC4)ccc23)cs1. The number of nitriles is 1. The molecule has 2 heterocycles. The molecule has 2 aromatic carbocycles. The highest BCUT2D eigenvalue weighted by atomic mass is 32.1. The van der Waals surface area contributed by atoms with E-state index in [9.17, 15) is 10.1 Å². The van der Waals surface area contributed by atoms with Crippen LogP contribution in [0.5, 0.6) is 0 Å². The van der Waals surface area contributed by atoms with E-state index < -0.39 is 11.4 Å². The molecule has 0 radical (unpaired) electrons. The number of thiazole rings is 1. The highest BCUT2D eigenvalue weighted by Crippen LogP contribution is 2.50. The number of carbonyl (C=O) groups excluding carboxylic acids is 1. The van der Waals surface area contributed by atoms with Crippen molar-refractivity contribution in [2.24, 2.45) is 0 Å². The molecule has 0 bridgehead atoms. The average Bonchev–Trinajstić information content (AvgIpc) is 3.50. The highest BCUT2D eigenvalue weighted by Gasteiger charge is 2.46. The number of carbonyl (C=O) groups is 1. The average molecular weight is 437 g/mol. The Labute approximate surface area is 188 Å². The predicted molar refractivity (Wildman–Crippen MR) is 124 cm³/mol. The first-order valence-electron chi connectivity index (χ1n) is 9.88. The van der Waals surface area contributed by atoms with E-state index in [-0.39, 0.29) is 0 Å². The van der Waals surface area contributed by atoms with Crippen LogP contribution >= 0.6 is 11.3 Å². The number of aromatic nitrogens is 3. The summed E-state index contributed by atoms with van der Waals surface area (Å²) in [5.41, 5.74) is 3.33. The van der Waals surface area contributed by atoms with E-state index in [0.717, 1.165) is 29.5 Å². The van der Waals surface area contributed by atoms with Gasteiger partial charge in [-0.15, -0.1) is 17.8 Å². The van der Waals surface area contributed by atoms with Crippen LogP contribution < -0.4 is 10.6 Å². The lowest BCUT2D eigenvalue weighted by Gasteiger charge is -2.14. The Bertz CT molecular complexity index is 1440. The molecule has 5 rings (SSSR count). The van der Waals surface area contributed by atoms with Gasteiger partial charge in [-0.1, -0.05) is 30.3 Å². The third-order valence-electron chi connectivity index (χ3n) is 5.46. The Hall–Kier alpha value is -4.27. The van der Waals surface area contributed by atoms with Gasteiger partial charge >= 0.3 is 6.03 Å². The van der Waals surface area contributed by atoms with Gasteiger partial charge < -0.3 is 0 Å². The van der Waals surface area contributed by atoms with E-state index in [1.54, 1.807) is 5.38 Å². The second-order valence-corrected chi connectivity index (χ2v) is 8.31. The molecule has 1 fully saturated rings. The third kappa shape index (κ3) is 3.53. The molecule has 0 unspecified atom stereocenters. The summed E-state index contributed by atoms with van der Waals surface area (Å²) in [5, 5.41) is 17.9. The fraction of sp³-hybridized carbons (Fsp3) is 0.125. The van der Waals surface area contributed by atoms with Crippen molar-refractivity contribution in [2.45, 2.75) is 18.3 Å². The third-order valence-corrected chi connectivity index (χ3v) is 6.23. The van der Waals surface area contributed by atoms with Crippen LogP contribution in [-0.2, 0) is 5.41 Å². The number of nitrogens with one attached hydrogen (secondary N) is 2. The number of anilines is 2. The minimum Gasteiger partial charge on any atom is -0.291 e. The van der Waals surface area contributed by atoms with E-state index >= 15 is 0 Å². The summed E-state index contributed by atoms with van der Waals surface area (Å²) in [4.78, 5) is 25.1. The summed E-state index contributed by atoms with van der Waals surface area (Å²) in [6.07, 6.45) is 8.47. The molecule has 2 amide bonds. The largest absolute Gasteiger partial charge is 0.326 e. The van der Waals surface area contributed by atoms with Gasteiger partial charge in [0.2, 0.25) is 0 Å². The van der Waals surface area contributed by atoms with Crippen molar-refractivity contribution in [1.82, 2.24) is 15.0 Å². The molecule has 2 N–H and O–H groups in total. The van der Waals surface area contributed by atoms with Gasteiger partial charge in [0.05, 0.1) is 17.0 Å². The maximum absolute atomic E-state index is 12.4. The van der Waals surface area contributed by atoms with Crippen LogP contribution in [0.3, 0.4) is 0 Å². The summed E-state index contributed by atoms with van der Waals surface area (Å²) in [6, 6.07) is 15.8. The Balaban J connectivity index is 1.44. The van der Waals surface area contributed by atoms with E-state index in [1.807, 2.05) is 42.5 Å². The molecule has 8 heteroatoms. The maximum atomic E-state index is 12.4. The first-order valence-corrected chi connectivity index (χ1v) is 10.8. The quantitative estimate of drug-likeness (QED) is 0.441. The summed E-state index contributed by atoms with van der Waals surface area (Å²) in [5.74, 6) is 3.19. The van der Waals surface area contributed by atoms with Gasteiger partial charge in [0.1, 0.15) is 18.0 Å². The van der Waals surface area contributed by atoms with Crippen molar-refractivity contribution in [3.05, 3.63) is 64.7 Å². The number of fused-ring (bicyclic) bond motifs is 1. The number of rotatable bonds is 4. The Morgan fingerprint density at radius 2 is 2.00 bits per heavy atom. The zero-order valence-corrected chi connectivity index (χ0v) is 17.6. The standard InChI is InChI=1S/C24H16N6OS/c1-2-21-28-20(12-32-21)29-23(31)30-22-17-8-7-15(11-19(17)26-14-27-22)16-5-3-4-6-18(16)24(13-25)9-10-24/h1,3-8,11-12,14H,9-10H2,(H2,26,27,29,30,31). The lowest BCUT2D eigenvalue weighted by atomic mass is 9.89. The topological polar surface area (TPSA) is 104 Å². The molecule has 154 valence electrons. The Kier molecular flexibility index (Phi) is 4.78. The van der Waals surface area contributed by atoms with Gasteiger partial charge in [0, 0.05) is 10.8 Å². The van der Waals surface area contributed by atoms with E-state index in [1.165, 1.54) is 17.7 Å². The fourth-order valence-electron chi connectivity index (χ4n) is 3.70. The lowest BCUT2D eigenvalue weighted by molar-refractivity contribution is 0.262. The van der Waals surface area contributed by atoms with Crippen molar-refractivity contribution in [1.29, 1.82) is 5.26 Å². The minimum atomic E-state index is -0.474. The van der Waals surface area contributed by atoms with Gasteiger partial charge in [-0.2, -0.15) is 5.26 Å². The molecule has 1 aliphatic rings.